The van der Waals surface area contributed by atoms with Crippen LogP contribution < -0.4 is 21.3 Å². The predicted molar refractivity (Wildman–Crippen MR) is 185 cm³/mol. The van der Waals surface area contributed by atoms with Gasteiger partial charge >= 0.3 is 6.09 Å². The molecule has 2 rings (SSSR count). The molecule has 0 aromatic heterocycles. The number of nitrogens with one attached hydrogen (secondary N) is 4. The molecule has 1 aromatic rings. The molecule has 9 heteroatoms. The van der Waals surface area contributed by atoms with Crippen LogP contribution in [0.1, 0.15) is 118 Å². The Labute approximate surface area is 278 Å². The van der Waals surface area contributed by atoms with E-state index < -0.39 is 29.9 Å². The van der Waals surface area contributed by atoms with Crippen LogP contribution in [0.2, 0.25) is 0 Å². The third kappa shape index (κ3) is 15.8. The summed E-state index contributed by atoms with van der Waals surface area (Å²) in [5, 5.41) is 24.1. The molecule has 46 heavy (non-hydrogen) atoms. The van der Waals surface area contributed by atoms with E-state index in [1.54, 1.807) is 0 Å². The van der Waals surface area contributed by atoms with Crippen LogP contribution in [0.5, 0.6) is 0 Å². The van der Waals surface area contributed by atoms with Crippen molar-refractivity contribution in [1.29, 1.82) is 0 Å². The predicted octanol–water partition coefficient (Wildman–Crippen LogP) is 5.89. The van der Waals surface area contributed by atoms with Crippen molar-refractivity contribution in [3.8, 4) is 0 Å². The molecule has 9 nitrogen and oxygen atoms in total. The maximum atomic E-state index is 13.8. The summed E-state index contributed by atoms with van der Waals surface area (Å²) in [5.41, 5.74) is 0.444. The number of aliphatic hydroxyl groups excluding tert-OH is 1. The number of amides is 3. The molecule has 1 saturated carbocycles. The highest BCUT2D eigenvalue weighted by molar-refractivity contribution is 5.82. The van der Waals surface area contributed by atoms with Crippen LogP contribution in [0.4, 0.5) is 4.79 Å². The van der Waals surface area contributed by atoms with E-state index in [1.807, 2.05) is 65.0 Å². The first-order valence-electron chi connectivity index (χ1n) is 17.8. The van der Waals surface area contributed by atoms with Gasteiger partial charge in [0.15, 0.2) is 0 Å². The Hall–Kier alpha value is -2.65. The zero-order chi connectivity index (χ0) is 34.1. The monoisotopic (exact) mass is 644 g/mol. The van der Waals surface area contributed by atoms with Gasteiger partial charge in [-0.25, -0.2) is 4.79 Å². The molecule has 0 heterocycles. The van der Waals surface area contributed by atoms with Crippen LogP contribution in [0, 0.1) is 17.8 Å². The number of hydrogen-bond acceptors (Lipinski definition) is 6. The van der Waals surface area contributed by atoms with E-state index in [0.29, 0.717) is 44.2 Å². The van der Waals surface area contributed by atoms with Crippen molar-refractivity contribution < 1.29 is 24.2 Å². The summed E-state index contributed by atoms with van der Waals surface area (Å²) in [4.78, 5) is 39.3. The van der Waals surface area contributed by atoms with Crippen molar-refractivity contribution in [3.63, 3.8) is 0 Å². The maximum Gasteiger partial charge on any atom is 0.407 e. The van der Waals surface area contributed by atoms with E-state index in [-0.39, 0.29) is 30.2 Å². The number of ether oxygens (including phenoxy) is 1. The number of carbonyl (C=O) groups is 3. The summed E-state index contributed by atoms with van der Waals surface area (Å²) >= 11 is 0. The minimum atomic E-state index is -0.836. The second-order valence-corrected chi connectivity index (χ2v) is 14.6. The van der Waals surface area contributed by atoms with Crippen molar-refractivity contribution in [3.05, 3.63) is 35.9 Å². The summed E-state index contributed by atoms with van der Waals surface area (Å²) in [6.07, 6.45) is 8.38. The van der Waals surface area contributed by atoms with Gasteiger partial charge in [0.1, 0.15) is 5.60 Å². The molecule has 1 aliphatic carbocycles. The highest BCUT2D eigenvalue weighted by Gasteiger charge is 2.31. The van der Waals surface area contributed by atoms with Gasteiger partial charge in [0, 0.05) is 25.0 Å². The fraction of sp³-hybridized carbons (Fsp3) is 0.757. The van der Waals surface area contributed by atoms with Gasteiger partial charge < -0.3 is 31.1 Å². The smallest absolute Gasteiger partial charge is 0.407 e. The summed E-state index contributed by atoms with van der Waals surface area (Å²) in [7, 11) is 0. The molecule has 262 valence electrons. The van der Waals surface area contributed by atoms with Crippen molar-refractivity contribution in [2.24, 2.45) is 17.8 Å². The second kappa shape index (κ2) is 20.6. The van der Waals surface area contributed by atoms with Crippen molar-refractivity contribution in [1.82, 2.24) is 21.3 Å². The Kier molecular flexibility index (Phi) is 17.7. The molecule has 1 aliphatic rings. The number of hydrogen-bond donors (Lipinski definition) is 5. The number of benzene rings is 1. The van der Waals surface area contributed by atoms with Crippen LogP contribution in [0.15, 0.2) is 30.3 Å². The molecule has 3 amide bonds. The average molecular weight is 645 g/mol. The lowest BCUT2D eigenvalue weighted by Crippen LogP contribution is -2.55. The highest BCUT2D eigenvalue weighted by atomic mass is 16.6. The molecular weight excluding hydrogens is 580 g/mol. The van der Waals surface area contributed by atoms with Crippen LogP contribution in [-0.4, -0.2) is 65.9 Å². The Morgan fingerprint density at radius 2 is 1.63 bits per heavy atom. The summed E-state index contributed by atoms with van der Waals surface area (Å²) in [6.45, 7) is 14.6. The van der Waals surface area contributed by atoms with Gasteiger partial charge in [-0.05, 0) is 63.9 Å². The summed E-state index contributed by atoms with van der Waals surface area (Å²) in [5.74, 6) is 0.246. The minimum Gasteiger partial charge on any atom is -0.444 e. The van der Waals surface area contributed by atoms with Gasteiger partial charge in [-0.2, -0.15) is 0 Å². The number of carbonyl (C=O) groups excluding carboxylic acids is 3. The third-order valence-electron chi connectivity index (χ3n) is 9.02. The fourth-order valence-corrected chi connectivity index (χ4v) is 6.05. The largest absolute Gasteiger partial charge is 0.444 e. The minimum absolute atomic E-state index is 0.0606. The molecule has 0 radical (unpaired) electrons. The highest BCUT2D eigenvalue weighted by Crippen LogP contribution is 2.29. The zero-order valence-electron chi connectivity index (χ0n) is 29.7. The Morgan fingerprint density at radius 1 is 0.957 bits per heavy atom. The molecule has 0 bridgehead atoms. The van der Waals surface area contributed by atoms with Crippen molar-refractivity contribution in [2.45, 2.75) is 149 Å². The van der Waals surface area contributed by atoms with Gasteiger partial charge in [0.2, 0.25) is 11.8 Å². The normalized spacial score (nSPS) is 18.0. The summed E-state index contributed by atoms with van der Waals surface area (Å²) < 4.78 is 5.53. The Balaban J connectivity index is 2.13. The Morgan fingerprint density at radius 3 is 2.24 bits per heavy atom. The van der Waals surface area contributed by atoms with Gasteiger partial charge in [-0.3, -0.25) is 9.59 Å². The first kappa shape index (κ1) is 39.5. The molecule has 0 saturated heterocycles. The average Bonchev–Trinajstić information content (AvgIpc) is 3.01. The molecule has 1 fully saturated rings. The zero-order valence-corrected chi connectivity index (χ0v) is 29.7. The summed E-state index contributed by atoms with van der Waals surface area (Å²) in [6, 6.07) is 8.68. The SMILES string of the molecule is CCC[C@H](NC[C@H](Cc1ccccc1)NC(=O)OC(C)(C)C)C(=O)N[C@@H](CC1CCCCC1)[C@@H](O)C[C@@H](C)C(=O)NC[C@@H](C)CC. The van der Waals surface area contributed by atoms with Gasteiger partial charge in [-0.15, -0.1) is 0 Å². The molecule has 0 aliphatic heterocycles. The van der Waals surface area contributed by atoms with Gasteiger partial charge in [-0.1, -0.05) is 103 Å². The van der Waals surface area contributed by atoms with Crippen molar-refractivity contribution >= 4 is 17.9 Å². The van der Waals surface area contributed by atoms with Crippen LogP contribution in [-0.2, 0) is 20.7 Å². The molecule has 6 atom stereocenters. The van der Waals surface area contributed by atoms with Crippen LogP contribution in [0.25, 0.3) is 0 Å². The molecule has 1 aromatic carbocycles. The molecule has 0 unspecified atom stereocenters. The molecule has 5 N–H and O–H groups in total. The standard InChI is InChI=1S/C37H64N4O5/c1-8-16-31(38-25-30(22-28-17-12-10-13-18-28)40-36(45)46-37(5,6)7)35(44)41-32(23-29-19-14-11-15-20-29)33(42)21-27(4)34(43)39-24-26(3)9-2/h10,12-13,17-18,26-27,29-33,38,42H,8-9,11,14-16,19-25H2,1-7H3,(H,39,43)(H,40,45)(H,41,44)/t26-,27+,30-,31-,32-,33-/m0/s1. The first-order valence-corrected chi connectivity index (χ1v) is 17.8. The van der Waals surface area contributed by atoms with Crippen molar-refractivity contribution in [2.75, 3.05) is 13.1 Å². The van der Waals surface area contributed by atoms with E-state index in [2.05, 4.69) is 35.1 Å². The van der Waals surface area contributed by atoms with E-state index in [9.17, 15) is 19.5 Å². The van der Waals surface area contributed by atoms with E-state index >= 15 is 0 Å². The lowest BCUT2D eigenvalue weighted by molar-refractivity contribution is -0.126. The topological polar surface area (TPSA) is 129 Å². The lowest BCUT2D eigenvalue weighted by atomic mass is 9.82. The third-order valence-corrected chi connectivity index (χ3v) is 9.02. The van der Waals surface area contributed by atoms with E-state index in [4.69, 9.17) is 4.74 Å². The Bertz CT molecular complexity index is 1020. The fourth-order valence-electron chi connectivity index (χ4n) is 6.05. The maximum absolute atomic E-state index is 13.8. The number of alkyl carbamates (subject to hydrolysis) is 1. The van der Waals surface area contributed by atoms with Crippen LogP contribution >= 0.6 is 0 Å². The molecule has 0 spiro atoms. The van der Waals surface area contributed by atoms with Gasteiger partial charge in [0.05, 0.1) is 18.2 Å². The molecular formula is C37H64N4O5. The van der Waals surface area contributed by atoms with E-state index in [1.165, 1.54) is 19.3 Å². The first-order chi connectivity index (χ1) is 21.8. The lowest BCUT2D eigenvalue weighted by Gasteiger charge is -2.32. The van der Waals surface area contributed by atoms with Crippen LogP contribution in [0.3, 0.4) is 0 Å². The van der Waals surface area contributed by atoms with Gasteiger partial charge in [0.25, 0.3) is 0 Å². The quantitative estimate of drug-likeness (QED) is 0.128. The number of rotatable bonds is 19. The number of aliphatic hydroxyl groups is 1. The second-order valence-electron chi connectivity index (χ2n) is 14.6. The van der Waals surface area contributed by atoms with E-state index in [0.717, 1.165) is 31.2 Å².